The molecule has 2 aromatic rings. The van der Waals surface area contributed by atoms with Crippen LogP contribution in [0.4, 0.5) is 13.2 Å². The third-order valence-corrected chi connectivity index (χ3v) is 5.61. The molecule has 0 spiro atoms. The van der Waals surface area contributed by atoms with Gasteiger partial charge in [-0.05, 0) is 57.5 Å². The van der Waals surface area contributed by atoms with Crippen LogP contribution >= 0.6 is 0 Å². The lowest BCUT2D eigenvalue weighted by atomic mass is 9.76. The van der Waals surface area contributed by atoms with E-state index in [-0.39, 0.29) is 23.4 Å². The Balaban J connectivity index is 2.03. The predicted molar refractivity (Wildman–Crippen MR) is 109 cm³/mol. The Kier molecular flexibility index (Phi) is 6.00. The Labute approximate surface area is 179 Å². The van der Waals surface area contributed by atoms with E-state index >= 15 is 0 Å². The Bertz CT molecular complexity index is 982. The van der Waals surface area contributed by atoms with Gasteiger partial charge >= 0.3 is 13.3 Å². The van der Waals surface area contributed by atoms with Crippen molar-refractivity contribution in [2.24, 2.45) is 0 Å². The van der Waals surface area contributed by atoms with E-state index in [2.05, 4.69) is 0 Å². The van der Waals surface area contributed by atoms with E-state index in [1.165, 1.54) is 0 Å². The summed E-state index contributed by atoms with van der Waals surface area (Å²) in [6, 6.07) is 10.5. The summed E-state index contributed by atoms with van der Waals surface area (Å²) in [6.45, 7) is 7.22. The second-order valence-electron chi connectivity index (χ2n) is 8.28. The molecule has 164 valence electrons. The van der Waals surface area contributed by atoms with Gasteiger partial charge in [-0.1, -0.05) is 12.1 Å². The first-order chi connectivity index (χ1) is 14.4. The molecule has 9 heteroatoms. The highest BCUT2D eigenvalue weighted by Gasteiger charge is 2.53. The number of hydrogen-bond donors (Lipinski definition) is 0. The van der Waals surface area contributed by atoms with Gasteiger partial charge in [0.05, 0.1) is 29.4 Å². The van der Waals surface area contributed by atoms with Crippen LogP contribution in [0.15, 0.2) is 36.4 Å². The number of alkyl halides is 3. The van der Waals surface area contributed by atoms with Gasteiger partial charge in [-0.3, -0.25) is 0 Å². The van der Waals surface area contributed by atoms with Crippen LogP contribution in [-0.4, -0.2) is 25.4 Å². The number of methoxy groups -OCH3 is 1. The summed E-state index contributed by atoms with van der Waals surface area (Å²) >= 11 is 0. The lowest BCUT2D eigenvalue weighted by Gasteiger charge is -2.32. The first-order valence-electron chi connectivity index (χ1n) is 9.64. The van der Waals surface area contributed by atoms with Gasteiger partial charge < -0.3 is 18.8 Å². The molecule has 5 nitrogen and oxygen atoms in total. The van der Waals surface area contributed by atoms with Crippen molar-refractivity contribution in [1.82, 2.24) is 0 Å². The largest absolute Gasteiger partial charge is 0.498 e. The molecule has 0 amide bonds. The van der Waals surface area contributed by atoms with Crippen LogP contribution < -0.4 is 14.9 Å². The van der Waals surface area contributed by atoms with Crippen molar-refractivity contribution in [3.8, 4) is 17.6 Å². The Hall–Kier alpha value is -2.70. The van der Waals surface area contributed by atoms with Crippen LogP contribution in [0.2, 0.25) is 0 Å². The van der Waals surface area contributed by atoms with E-state index in [4.69, 9.17) is 18.8 Å². The molecule has 0 radical (unpaired) electrons. The van der Waals surface area contributed by atoms with E-state index in [0.717, 1.165) is 17.7 Å². The van der Waals surface area contributed by atoms with Crippen molar-refractivity contribution in [3.63, 3.8) is 0 Å². The zero-order valence-corrected chi connectivity index (χ0v) is 18.0. The normalized spacial score (nSPS) is 17.3. The van der Waals surface area contributed by atoms with Gasteiger partial charge in [0.2, 0.25) is 0 Å². The molecule has 1 heterocycles. The van der Waals surface area contributed by atoms with Gasteiger partial charge in [0, 0.05) is 5.46 Å². The highest BCUT2D eigenvalue weighted by Crippen LogP contribution is 2.39. The SMILES string of the molecule is COc1ccc(COc2c(C#N)cc(C(F)(F)F)cc2B2OC(C)(C)C(C)(C)O2)cc1. The second-order valence-corrected chi connectivity index (χ2v) is 8.28. The van der Waals surface area contributed by atoms with E-state index in [1.807, 2.05) is 6.07 Å². The summed E-state index contributed by atoms with van der Waals surface area (Å²) < 4.78 is 63.3. The monoisotopic (exact) mass is 433 g/mol. The van der Waals surface area contributed by atoms with Crippen LogP contribution in [0.25, 0.3) is 0 Å². The van der Waals surface area contributed by atoms with Crippen molar-refractivity contribution in [1.29, 1.82) is 5.26 Å². The van der Waals surface area contributed by atoms with Crippen molar-refractivity contribution in [3.05, 3.63) is 53.1 Å². The molecule has 31 heavy (non-hydrogen) atoms. The fraction of sp³-hybridized carbons (Fsp3) is 0.409. The molecule has 0 unspecified atom stereocenters. The minimum absolute atomic E-state index is 0.00446. The van der Waals surface area contributed by atoms with E-state index in [1.54, 1.807) is 59.1 Å². The summed E-state index contributed by atoms with van der Waals surface area (Å²) in [5.74, 6) is 0.665. The van der Waals surface area contributed by atoms with Crippen molar-refractivity contribution < 1.29 is 32.0 Å². The number of nitrogens with zero attached hydrogens (tertiary/aromatic N) is 1. The highest BCUT2D eigenvalue weighted by molar-refractivity contribution is 6.63. The maximum absolute atomic E-state index is 13.5. The molecular formula is C22H23BF3NO4. The summed E-state index contributed by atoms with van der Waals surface area (Å²) in [7, 11) is 0.425. The van der Waals surface area contributed by atoms with Crippen LogP contribution in [0.5, 0.6) is 11.5 Å². The summed E-state index contributed by atoms with van der Waals surface area (Å²) in [5, 5.41) is 9.55. The number of benzene rings is 2. The number of hydrogen-bond acceptors (Lipinski definition) is 5. The average Bonchev–Trinajstić information content (AvgIpc) is 2.92. The molecule has 0 bridgehead atoms. The first kappa shape index (κ1) is 23.0. The third kappa shape index (κ3) is 4.65. The summed E-state index contributed by atoms with van der Waals surface area (Å²) in [6.07, 6.45) is -4.64. The number of rotatable bonds is 5. The first-order valence-corrected chi connectivity index (χ1v) is 9.64. The molecule has 1 saturated heterocycles. The second kappa shape index (κ2) is 8.10. The minimum Gasteiger partial charge on any atom is -0.497 e. The maximum Gasteiger partial charge on any atom is 0.498 e. The molecule has 2 aromatic carbocycles. The molecule has 0 N–H and O–H groups in total. The van der Waals surface area contributed by atoms with Gasteiger partial charge in [0.25, 0.3) is 0 Å². The van der Waals surface area contributed by atoms with Gasteiger partial charge in [-0.15, -0.1) is 0 Å². The smallest absolute Gasteiger partial charge is 0.497 e. The lowest BCUT2D eigenvalue weighted by molar-refractivity contribution is -0.137. The molecule has 0 saturated carbocycles. The highest BCUT2D eigenvalue weighted by atomic mass is 19.4. The van der Waals surface area contributed by atoms with Gasteiger partial charge in [0.15, 0.2) is 0 Å². The fourth-order valence-electron chi connectivity index (χ4n) is 3.08. The zero-order chi connectivity index (χ0) is 23.0. The molecule has 0 atom stereocenters. The van der Waals surface area contributed by atoms with Crippen molar-refractivity contribution in [2.45, 2.75) is 51.7 Å². The van der Waals surface area contributed by atoms with Crippen LogP contribution in [0, 0.1) is 11.3 Å². The van der Waals surface area contributed by atoms with Crippen LogP contribution in [-0.2, 0) is 22.1 Å². The number of nitriles is 1. The molecule has 0 aromatic heterocycles. The van der Waals surface area contributed by atoms with Crippen molar-refractivity contribution in [2.75, 3.05) is 7.11 Å². The quantitative estimate of drug-likeness (QED) is 0.652. The third-order valence-electron chi connectivity index (χ3n) is 5.61. The van der Waals surface area contributed by atoms with Crippen LogP contribution in [0.3, 0.4) is 0 Å². The van der Waals surface area contributed by atoms with E-state index < -0.39 is 30.1 Å². The molecule has 1 aliphatic heterocycles. The van der Waals surface area contributed by atoms with Gasteiger partial charge in [0.1, 0.15) is 24.2 Å². The Morgan fingerprint density at radius 1 is 1.03 bits per heavy atom. The van der Waals surface area contributed by atoms with Crippen LogP contribution in [0.1, 0.15) is 44.4 Å². The molecular weight excluding hydrogens is 410 g/mol. The lowest BCUT2D eigenvalue weighted by Crippen LogP contribution is -2.41. The predicted octanol–water partition coefficient (Wildman–Crippen LogP) is 4.46. The molecule has 1 fully saturated rings. The van der Waals surface area contributed by atoms with E-state index in [0.29, 0.717) is 5.75 Å². The Morgan fingerprint density at radius 2 is 1.61 bits per heavy atom. The number of halogens is 3. The topological polar surface area (TPSA) is 60.7 Å². The average molecular weight is 433 g/mol. The van der Waals surface area contributed by atoms with Gasteiger partial charge in [-0.2, -0.15) is 18.4 Å². The molecule has 0 aliphatic carbocycles. The maximum atomic E-state index is 13.5. The Morgan fingerprint density at radius 3 is 2.10 bits per heavy atom. The minimum atomic E-state index is -4.64. The fourth-order valence-corrected chi connectivity index (χ4v) is 3.08. The standard InChI is InChI=1S/C22H23BF3NO4/c1-20(2)21(3,4)31-23(30-20)18-11-16(22(24,25)26)10-15(12-27)19(18)29-13-14-6-8-17(28-5)9-7-14/h6-11H,13H2,1-5H3. The summed E-state index contributed by atoms with van der Waals surface area (Å²) in [4.78, 5) is 0. The van der Waals surface area contributed by atoms with E-state index in [9.17, 15) is 18.4 Å². The zero-order valence-electron chi connectivity index (χ0n) is 18.0. The molecule has 3 rings (SSSR count). The van der Waals surface area contributed by atoms with Gasteiger partial charge in [-0.25, -0.2) is 0 Å². The molecule has 1 aliphatic rings. The number of ether oxygens (including phenoxy) is 2. The van der Waals surface area contributed by atoms with Crippen molar-refractivity contribution >= 4 is 12.6 Å². The summed E-state index contributed by atoms with van der Waals surface area (Å²) in [5.41, 5.74) is -1.97.